The van der Waals surface area contributed by atoms with Crippen LogP contribution in [0, 0.1) is 0 Å². The zero-order chi connectivity index (χ0) is 14.8. The highest BCUT2D eigenvalue weighted by Crippen LogP contribution is 2.31. The van der Waals surface area contributed by atoms with Gasteiger partial charge < -0.3 is 10.3 Å². The highest BCUT2D eigenvalue weighted by Gasteiger charge is 2.16. The number of hydrogen-bond acceptors (Lipinski definition) is 3. The number of hydrogen-bond donors (Lipinski definition) is 1. The largest absolute Gasteiger partial charge is 0.383 e. The van der Waals surface area contributed by atoms with Crippen molar-refractivity contribution in [2.75, 3.05) is 5.73 Å². The Balaban J connectivity index is 2.23. The molecular weight excluding hydrogens is 260 g/mol. The molecule has 0 aliphatic heterocycles. The predicted octanol–water partition coefficient (Wildman–Crippen LogP) is 3.65. The maximum Gasteiger partial charge on any atom is 0.131 e. The molecule has 108 valence electrons. The van der Waals surface area contributed by atoms with Crippen molar-refractivity contribution in [2.24, 2.45) is 0 Å². The zero-order valence-electron chi connectivity index (χ0n) is 12.5. The van der Waals surface area contributed by atoms with Gasteiger partial charge in [0, 0.05) is 30.1 Å². The lowest BCUT2D eigenvalue weighted by Crippen LogP contribution is -2.06. The summed E-state index contributed by atoms with van der Waals surface area (Å²) in [5, 5.41) is 1.11. The van der Waals surface area contributed by atoms with Crippen LogP contribution in [0.5, 0.6) is 0 Å². The number of pyridine rings is 1. The van der Waals surface area contributed by atoms with Crippen LogP contribution in [-0.2, 0) is 13.0 Å². The molecule has 0 saturated heterocycles. The molecule has 0 spiro atoms. The fraction of sp³-hybridized carbons (Fsp3) is 0.294. The Labute approximate surface area is 124 Å². The van der Waals surface area contributed by atoms with Crippen LogP contribution in [0.1, 0.15) is 26.1 Å². The fourth-order valence-corrected chi connectivity index (χ4v) is 2.75. The van der Waals surface area contributed by atoms with Crippen LogP contribution in [-0.4, -0.2) is 14.5 Å². The summed E-state index contributed by atoms with van der Waals surface area (Å²) in [6.07, 6.45) is 3.73. The summed E-state index contributed by atoms with van der Waals surface area (Å²) >= 11 is 0. The van der Waals surface area contributed by atoms with Gasteiger partial charge in [0.05, 0.1) is 5.52 Å². The highest BCUT2D eigenvalue weighted by atomic mass is 15.1. The minimum atomic E-state index is 0.742. The van der Waals surface area contributed by atoms with Crippen LogP contribution >= 0.6 is 0 Å². The Morgan fingerprint density at radius 1 is 1.14 bits per heavy atom. The van der Waals surface area contributed by atoms with E-state index < -0.39 is 0 Å². The van der Waals surface area contributed by atoms with Crippen molar-refractivity contribution < 1.29 is 0 Å². The second kappa shape index (κ2) is 5.56. The van der Waals surface area contributed by atoms with Crippen molar-refractivity contribution in [3.05, 3.63) is 42.4 Å². The molecule has 4 nitrogen and oxygen atoms in total. The lowest BCUT2D eigenvalue weighted by molar-refractivity contribution is 0.650. The van der Waals surface area contributed by atoms with Crippen LogP contribution in [0.3, 0.4) is 0 Å². The van der Waals surface area contributed by atoms with E-state index in [0.29, 0.717) is 0 Å². The lowest BCUT2D eigenvalue weighted by atomic mass is 10.1. The van der Waals surface area contributed by atoms with E-state index in [1.54, 1.807) is 0 Å². The summed E-state index contributed by atoms with van der Waals surface area (Å²) < 4.78 is 2.12. The van der Waals surface area contributed by atoms with Gasteiger partial charge in [0.25, 0.3) is 0 Å². The monoisotopic (exact) mass is 280 g/mol. The molecule has 0 unspecified atom stereocenters. The van der Waals surface area contributed by atoms with Crippen molar-refractivity contribution in [3.8, 4) is 11.3 Å². The number of para-hydroxylation sites is 1. The Hall–Kier alpha value is -2.36. The summed E-state index contributed by atoms with van der Waals surface area (Å²) in [7, 11) is 0. The maximum atomic E-state index is 6.36. The molecule has 0 radical (unpaired) electrons. The molecule has 0 amide bonds. The first-order chi connectivity index (χ1) is 10.3. The van der Waals surface area contributed by atoms with Crippen molar-refractivity contribution in [3.63, 3.8) is 0 Å². The van der Waals surface area contributed by atoms with Gasteiger partial charge in [0.2, 0.25) is 0 Å². The van der Waals surface area contributed by atoms with Crippen LogP contribution < -0.4 is 5.73 Å². The molecule has 21 heavy (non-hydrogen) atoms. The van der Waals surface area contributed by atoms with Crippen LogP contribution in [0.15, 0.2) is 36.5 Å². The van der Waals surface area contributed by atoms with Gasteiger partial charge in [-0.05, 0) is 12.5 Å². The molecule has 0 saturated carbocycles. The Bertz CT molecular complexity index is 768. The average Bonchev–Trinajstić information content (AvgIpc) is 2.84. The number of fused-ring (bicyclic) bond motifs is 1. The topological polar surface area (TPSA) is 56.7 Å². The Morgan fingerprint density at radius 3 is 2.71 bits per heavy atom. The fourth-order valence-electron chi connectivity index (χ4n) is 2.75. The number of nitrogens with zero attached hydrogens (tertiary/aromatic N) is 3. The molecule has 0 aliphatic rings. The van der Waals surface area contributed by atoms with Gasteiger partial charge in [-0.1, -0.05) is 38.1 Å². The number of benzene rings is 1. The van der Waals surface area contributed by atoms with E-state index in [0.717, 1.165) is 53.2 Å². The minimum absolute atomic E-state index is 0.742. The third-order valence-corrected chi connectivity index (χ3v) is 3.74. The predicted molar refractivity (Wildman–Crippen MR) is 87.0 cm³/mol. The molecule has 2 N–H and O–H groups in total. The minimum Gasteiger partial charge on any atom is -0.383 e. The number of imidazole rings is 1. The molecule has 3 rings (SSSR count). The van der Waals surface area contributed by atoms with Gasteiger partial charge in [-0.2, -0.15) is 0 Å². The molecule has 2 heterocycles. The quantitative estimate of drug-likeness (QED) is 0.793. The van der Waals surface area contributed by atoms with E-state index in [1.165, 1.54) is 0 Å². The molecule has 2 aromatic heterocycles. The molecular formula is C17H20N4. The number of aromatic nitrogens is 3. The molecule has 0 atom stereocenters. The summed E-state index contributed by atoms with van der Waals surface area (Å²) in [6, 6.07) is 10.1. The lowest BCUT2D eigenvalue weighted by Gasteiger charge is -2.07. The number of nitrogens with two attached hydrogens (primary N) is 1. The number of aryl methyl sites for hydroxylation is 1. The third-order valence-electron chi connectivity index (χ3n) is 3.74. The normalized spacial score (nSPS) is 11.1. The number of nitrogen functional groups attached to an aromatic ring is 1. The second-order valence-electron chi connectivity index (χ2n) is 5.15. The van der Waals surface area contributed by atoms with E-state index in [-0.39, 0.29) is 0 Å². The van der Waals surface area contributed by atoms with E-state index >= 15 is 0 Å². The first-order valence-corrected chi connectivity index (χ1v) is 7.45. The highest BCUT2D eigenvalue weighted by molar-refractivity contribution is 5.94. The van der Waals surface area contributed by atoms with Crippen molar-refractivity contribution in [2.45, 2.75) is 33.2 Å². The van der Waals surface area contributed by atoms with Gasteiger partial charge in [-0.15, -0.1) is 0 Å². The van der Waals surface area contributed by atoms with Crippen molar-refractivity contribution in [1.29, 1.82) is 0 Å². The first-order valence-electron chi connectivity index (χ1n) is 7.45. The smallest absolute Gasteiger partial charge is 0.131 e. The molecule has 4 heteroatoms. The van der Waals surface area contributed by atoms with Gasteiger partial charge in [-0.3, -0.25) is 4.98 Å². The van der Waals surface area contributed by atoms with E-state index in [4.69, 9.17) is 10.7 Å². The average molecular weight is 280 g/mol. The van der Waals surface area contributed by atoms with E-state index in [2.05, 4.69) is 35.5 Å². The molecule has 0 aliphatic carbocycles. The van der Waals surface area contributed by atoms with Crippen LogP contribution in [0.25, 0.3) is 22.2 Å². The third kappa shape index (κ3) is 2.27. The first kappa shape index (κ1) is 13.6. The number of anilines is 1. The van der Waals surface area contributed by atoms with Crippen LogP contribution in [0.2, 0.25) is 0 Å². The standard InChI is InChI=1S/C17H20N4/c1-3-11-21-14(4-2)20-16(17(21)18)13-9-5-7-12-8-6-10-19-15(12)13/h5-10H,3-4,11,18H2,1-2H3. The Kier molecular flexibility index (Phi) is 3.60. The maximum absolute atomic E-state index is 6.36. The van der Waals surface area contributed by atoms with Gasteiger partial charge in [-0.25, -0.2) is 4.98 Å². The van der Waals surface area contributed by atoms with Crippen molar-refractivity contribution >= 4 is 16.7 Å². The summed E-state index contributed by atoms with van der Waals surface area (Å²) in [5.74, 6) is 1.78. The van der Waals surface area contributed by atoms with Gasteiger partial charge >= 0.3 is 0 Å². The molecule has 0 fully saturated rings. The summed E-state index contributed by atoms with van der Waals surface area (Å²) in [5.41, 5.74) is 9.18. The second-order valence-corrected chi connectivity index (χ2v) is 5.15. The molecule has 1 aromatic carbocycles. The van der Waals surface area contributed by atoms with Crippen molar-refractivity contribution in [1.82, 2.24) is 14.5 Å². The summed E-state index contributed by atoms with van der Waals surface area (Å²) in [4.78, 5) is 9.27. The van der Waals surface area contributed by atoms with Crippen LogP contribution in [0.4, 0.5) is 5.82 Å². The van der Waals surface area contributed by atoms with Gasteiger partial charge in [0.1, 0.15) is 17.3 Å². The van der Waals surface area contributed by atoms with E-state index in [1.807, 2.05) is 24.4 Å². The van der Waals surface area contributed by atoms with E-state index in [9.17, 15) is 0 Å². The summed E-state index contributed by atoms with van der Waals surface area (Å²) in [6.45, 7) is 5.16. The molecule has 0 bridgehead atoms. The Morgan fingerprint density at radius 2 is 1.95 bits per heavy atom. The molecule has 3 aromatic rings. The number of rotatable bonds is 4. The van der Waals surface area contributed by atoms with Gasteiger partial charge in [0.15, 0.2) is 0 Å². The zero-order valence-corrected chi connectivity index (χ0v) is 12.5. The SMILES string of the molecule is CCCn1c(CC)nc(-c2cccc3cccnc23)c1N.